The van der Waals surface area contributed by atoms with Gasteiger partial charge in [-0.3, -0.25) is 4.79 Å². The van der Waals surface area contributed by atoms with Gasteiger partial charge >= 0.3 is 0 Å². The first-order valence-corrected chi connectivity index (χ1v) is 10.8. The second-order valence-corrected chi connectivity index (χ2v) is 8.79. The van der Waals surface area contributed by atoms with E-state index in [1.165, 1.54) is 17.4 Å². The molecule has 0 N–H and O–H groups in total. The summed E-state index contributed by atoms with van der Waals surface area (Å²) in [6.45, 7) is 4.28. The van der Waals surface area contributed by atoms with Gasteiger partial charge in [0.1, 0.15) is 11.3 Å². The second-order valence-electron chi connectivity index (χ2n) is 7.78. The molecule has 1 aromatic carbocycles. The van der Waals surface area contributed by atoms with E-state index in [4.69, 9.17) is 9.47 Å². The van der Waals surface area contributed by atoms with Crippen LogP contribution in [0.2, 0.25) is 0 Å². The van der Waals surface area contributed by atoms with Crippen molar-refractivity contribution in [3.05, 3.63) is 24.0 Å². The summed E-state index contributed by atoms with van der Waals surface area (Å²) in [5.41, 5.74) is 0.444. The molecule has 28 heavy (non-hydrogen) atoms. The Bertz CT molecular complexity index is 865. The predicted molar refractivity (Wildman–Crippen MR) is 105 cm³/mol. The number of nitrogens with zero attached hydrogens (tertiary/aromatic N) is 3. The second kappa shape index (κ2) is 7.24. The lowest BCUT2D eigenvalue weighted by atomic mass is 9.94. The number of thiazole rings is 1. The van der Waals surface area contributed by atoms with Crippen molar-refractivity contribution >= 4 is 32.6 Å². The number of carbonyl (C=O) groups excluding carboxylic acids is 1. The highest BCUT2D eigenvalue weighted by Gasteiger charge is 2.42. The Hall–Kier alpha value is -1.77. The van der Waals surface area contributed by atoms with E-state index >= 15 is 0 Å². The van der Waals surface area contributed by atoms with Crippen LogP contribution >= 0.6 is 11.3 Å². The molecule has 3 aliphatic rings. The number of likely N-dealkylation sites (tertiary alicyclic amines) is 1. The Kier molecular flexibility index (Phi) is 4.72. The molecule has 150 valence electrons. The van der Waals surface area contributed by atoms with Crippen molar-refractivity contribution in [1.82, 2.24) is 9.88 Å². The number of rotatable bonds is 2. The van der Waals surface area contributed by atoms with Gasteiger partial charge in [-0.15, -0.1) is 0 Å². The number of aromatic nitrogens is 1. The smallest absolute Gasteiger partial charge is 0.225 e. The molecule has 0 atom stereocenters. The fourth-order valence-corrected chi connectivity index (χ4v) is 5.50. The predicted octanol–water partition coefficient (Wildman–Crippen LogP) is 3.02. The quantitative estimate of drug-likeness (QED) is 0.769. The van der Waals surface area contributed by atoms with Gasteiger partial charge in [0.15, 0.2) is 10.9 Å². The monoisotopic (exact) mass is 405 g/mol. The first-order chi connectivity index (χ1) is 13.6. The van der Waals surface area contributed by atoms with Gasteiger partial charge in [0.25, 0.3) is 0 Å². The maximum absolute atomic E-state index is 13.9. The van der Waals surface area contributed by atoms with Crippen LogP contribution in [-0.4, -0.2) is 61.0 Å². The summed E-state index contributed by atoms with van der Waals surface area (Å²) in [7, 11) is 0. The summed E-state index contributed by atoms with van der Waals surface area (Å²) in [6, 6.07) is 5.06. The molecule has 8 heteroatoms. The Morgan fingerprint density at radius 1 is 1.14 bits per heavy atom. The normalized spacial score (nSPS) is 23.0. The van der Waals surface area contributed by atoms with Gasteiger partial charge in [-0.2, -0.15) is 0 Å². The number of para-hydroxylation sites is 1. The number of hydrogen-bond donors (Lipinski definition) is 0. The van der Waals surface area contributed by atoms with Crippen LogP contribution < -0.4 is 4.90 Å². The maximum Gasteiger partial charge on any atom is 0.225 e. The van der Waals surface area contributed by atoms with Crippen LogP contribution in [0.3, 0.4) is 0 Å². The lowest BCUT2D eigenvalue weighted by Crippen LogP contribution is -2.50. The molecule has 1 amide bonds. The number of fused-ring (bicyclic) bond motifs is 1. The van der Waals surface area contributed by atoms with Gasteiger partial charge in [0, 0.05) is 44.9 Å². The van der Waals surface area contributed by atoms with Crippen LogP contribution in [0.4, 0.5) is 9.52 Å². The van der Waals surface area contributed by atoms with Crippen molar-refractivity contribution in [3.8, 4) is 0 Å². The zero-order valence-corrected chi connectivity index (χ0v) is 16.5. The van der Waals surface area contributed by atoms with Gasteiger partial charge in [-0.1, -0.05) is 17.4 Å². The molecule has 0 aliphatic carbocycles. The number of carbonyl (C=O) groups is 1. The number of benzene rings is 1. The Labute approximate surface area is 167 Å². The van der Waals surface area contributed by atoms with E-state index in [9.17, 15) is 9.18 Å². The summed E-state index contributed by atoms with van der Waals surface area (Å²) in [5.74, 6) is -0.407. The van der Waals surface area contributed by atoms with Gasteiger partial charge in [-0.05, 0) is 25.0 Å². The Balaban J connectivity index is 1.18. The average Bonchev–Trinajstić information content (AvgIpc) is 3.36. The van der Waals surface area contributed by atoms with Crippen molar-refractivity contribution in [1.29, 1.82) is 0 Å². The minimum atomic E-state index is -0.442. The number of hydrogen-bond acceptors (Lipinski definition) is 6. The molecule has 0 unspecified atom stereocenters. The standard InChI is InChI=1S/C20H24FN3O3S/c21-15-2-1-3-16-17(15)22-19(28-16)24-8-4-14(5-9-24)18(25)23-10-6-20(7-11-23)26-12-13-27-20/h1-3,14H,4-13H2. The Morgan fingerprint density at radius 2 is 1.86 bits per heavy atom. The van der Waals surface area contributed by atoms with Gasteiger partial charge in [-0.25, -0.2) is 9.37 Å². The van der Waals surface area contributed by atoms with Crippen LogP contribution in [0.25, 0.3) is 10.2 Å². The maximum atomic E-state index is 13.9. The minimum absolute atomic E-state index is 0.0572. The Morgan fingerprint density at radius 3 is 2.54 bits per heavy atom. The molecule has 1 spiro atoms. The summed E-state index contributed by atoms with van der Waals surface area (Å²) in [6.07, 6.45) is 3.14. The van der Waals surface area contributed by atoms with E-state index in [1.807, 2.05) is 11.0 Å². The van der Waals surface area contributed by atoms with Crippen LogP contribution in [0.1, 0.15) is 25.7 Å². The molecular formula is C20H24FN3O3S. The summed E-state index contributed by atoms with van der Waals surface area (Å²) in [5, 5.41) is 0.849. The molecule has 3 aliphatic heterocycles. The van der Waals surface area contributed by atoms with Crippen molar-refractivity contribution in [2.45, 2.75) is 31.5 Å². The highest BCUT2D eigenvalue weighted by molar-refractivity contribution is 7.22. The molecule has 0 radical (unpaired) electrons. The third-order valence-corrected chi connectivity index (χ3v) is 7.21. The van der Waals surface area contributed by atoms with Crippen molar-refractivity contribution < 1.29 is 18.7 Å². The van der Waals surface area contributed by atoms with Crippen LogP contribution in [0.5, 0.6) is 0 Å². The molecule has 4 heterocycles. The molecule has 3 saturated heterocycles. The number of ether oxygens (including phenoxy) is 2. The fourth-order valence-electron chi connectivity index (χ4n) is 4.47. The zero-order valence-electron chi connectivity index (χ0n) is 15.7. The first-order valence-electron chi connectivity index (χ1n) is 10.0. The largest absolute Gasteiger partial charge is 0.348 e. The summed E-state index contributed by atoms with van der Waals surface area (Å²) >= 11 is 1.52. The number of halogens is 1. The minimum Gasteiger partial charge on any atom is -0.348 e. The van der Waals surface area contributed by atoms with Crippen LogP contribution in [-0.2, 0) is 14.3 Å². The lowest BCUT2D eigenvalue weighted by molar-refractivity contribution is -0.188. The molecule has 6 nitrogen and oxygen atoms in total. The molecule has 5 rings (SSSR count). The van der Waals surface area contributed by atoms with E-state index in [-0.39, 0.29) is 17.6 Å². The van der Waals surface area contributed by atoms with E-state index in [0.717, 1.165) is 48.6 Å². The molecular weight excluding hydrogens is 381 g/mol. The fraction of sp³-hybridized carbons (Fsp3) is 0.600. The first kappa shape index (κ1) is 18.3. The molecule has 3 fully saturated rings. The van der Waals surface area contributed by atoms with Gasteiger partial charge < -0.3 is 19.3 Å². The van der Waals surface area contributed by atoms with E-state index in [2.05, 4.69) is 9.88 Å². The summed E-state index contributed by atoms with van der Waals surface area (Å²) < 4.78 is 26.3. The number of piperidine rings is 2. The zero-order chi connectivity index (χ0) is 19.1. The topological polar surface area (TPSA) is 54.9 Å². The highest BCUT2D eigenvalue weighted by Crippen LogP contribution is 2.35. The molecule has 2 aromatic rings. The highest BCUT2D eigenvalue weighted by atomic mass is 32.1. The van der Waals surface area contributed by atoms with Crippen molar-refractivity contribution in [2.24, 2.45) is 5.92 Å². The van der Waals surface area contributed by atoms with Crippen LogP contribution in [0.15, 0.2) is 18.2 Å². The van der Waals surface area contributed by atoms with Crippen molar-refractivity contribution in [3.63, 3.8) is 0 Å². The van der Waals surface area contributed by atoms with E-state index < -0.39 is 5.79 Å². The van der Waals surface area contributed by atoms with E-state index in [0.29, 0.717) is 31.8 Å². The molecule has 1 aromatic heterocycles. The van der Waals surface area contributed by atoms with Gasteiger partial charge in [0.05, 0.1) is 17.9 Å². The van der Waals surface area contributed by atoms with Gasteiger partial charge in [0.2, 0.25) is 5.91 Å². The van der Waals surface area contributed by atoms with E-state index in [1.54, 1.807) is 6.07 Å². The van der Waals surface area contributed by atoms with Crippen molar-refractivity contribution in [2.75, 3.05) is 44.3 Å². The average molecular weight is 405 g/mol. The number of amides is 1. The van der Waals surface area contributed by atoms with Crippen LogP contribution in [0, 0.1) is 11.7 Å². The third kappa shape index (κ3) is 3.27. The summed E-state index contributed by atoms with van der Waals surface area (Å²) in [4.78, 5) is 21.6. The molecule has 0 bridgehead atoms. The lowest BCUT2D eigenvalue weighted by Gasteiger charge is -2.40. The number of anilines is 1. The SMILES string of the molecule is O=C(C1CCN(c2nc3c(F)cccc3s2)CC1)N1CCC2(CC1)OCCO2. The molecule has 0 saturated carbocycles. The third-order valence-electron chi connectivity index (χ3n) is 6.12.